The summed E-state index contributed by atoms with van der Waals surface area (Å²) in [6.07, 6.45) is 1.90. The van der Waals surface area contributed by atoms with E-state index in [1.54, 1.807) is 36.4 Å². The number of nitrogens with two attached hydrogens (primary N) is 1. The molecule has 2 saturated heterocycles. The fraction of sp³-hybridized carbons (Fsp3) is 0.378. The number of para-hydroxylation sites is 1. The van der Waals surface area contributed by atoms with Gasteiger partial charge < -0.3 is 35.8 Å². The third kappa shape index (κ3) is 7.95. The number of ether oxygens (including phenoxy) is 2. The second-order valence-electron chi connectivity index (χ2n) is 12.9. The van der Waals surface area contributed by atoms with Crippen LogP contribution in [0.4, 0.5) is 11.5 Å². The van der Waals surface area contributed by atoms with Crippen LogP contribution in [0.25, 0.3) is 11.3 Å². The normalized spacial score (nSPS) is 17.7. The van der Waals surface area contributed by atoms with Gasteiger partial charge in [-0.05, 0) is 55.5 Å². The molecule has 5 N–H and O–H groups in total. The molecule has 3 aromatic rings. The van der Waals surface area contributed by atoms with Crippen LogP contribution in [-0.2, 0) is 30.3 Å². The number of amides is 4. The number of Topliss-reactive ketones (excluding diaryl/α,β-unsaturated/α-hetero) is 1. The van der Waals surface area contributed by atoms with Crippen molar-refractivity contribution < 1.29 is 38.6 Å². The number of anilines is 2. The highest BCUT2D eigenvalue weighted by atomic mass is 16.5. The number of hydrogen-bond acceptors (Lipinski definition) is 12. The summed E-state index contributed by atoms with van der Waals surface area (Å²) in [6, 6.07) is 12.5. The van der Waals surface area contributed by atoms with Crippen molar-refractivity contribution in [1.29, 1.82) is 0 Å². The summed E-state index contributed by atoms with van der Waals surface area (Å²) in [7, 11) is 0. The molecule has 1 atom stereocenters. The van der Waals surface area contributed by atoms with Crippen LogP contribution in [0.3, 0.4) is 0 Å². The molecule has 15 heteroatoms. The van der Waals surface area contributed by atoms with Gasteiger partial charge in [0, 0.05) is 43.2 Å². The lowest BCUT2D eigenvalue weighted by atomic mass is 9.95. The third-order valence-electron chi connectivity index (χ3n) is 9.42. The van der Waals surface area contributed by atoms with E-state index in [1.807, 2.05) is 6.07 Å². The Labute approximate surface area is 300 Å². The van der Waals surface area contributed by atoms with Crippen LogP contribution in [0.15, 0.2) is 60.8 Å². The average Bonchev–Trinajstić information content (AvgIpc) is 3.39. The van der Waals surface area contributed by atoms with Crippen LogP contribution in [0.5, 0.6) is 5.75 Å². The van der Waals surface area contributed by atoms with Gasteiger partial charge in [-0.2, -0.15) is 0 Å². The van der Waals surface area contributed by atoms with E-state index in [0.29, 0.717) is 73.5 Å². The van der Waals surface area contributed by atoms with Crippen molar-refractivity contribution in [2.75, 3.05) is 56.7 Å². The molecule has 0 spiro atoms. The van der Waals surface area contributed by atoms with Gasteiger partial charge in [0.2, 0.25) is 11.8 Å². The Balaban J connectivity index is 0.869. The predicted molar refractivity (Wildman–Crippen MR) is 189 cm³/mol. The number of nitrogens with one attached hydrogen (secondary N) is 2. The van der Waals surface area contributed by atoms with Gasteiger partial charge in [-0.25, -0.2) is 0 Å². The van der Waals surface area contributed by atoms with Crippen molar-refractivity contribution in [3.63, 3.8) is 0 Å². The Bertz CT molecular complexity index is 1890. The summed E-state index contributed by atoms with van der Waals surface area (Å²) in [4.78, 5) is 67.4. The largest absolute Gasteiger partial charge is 0.507 e. The fourth-order valence-electron chi connectivity index (χ4n) is 6.72. The molecule has 3 aliphatic rings. The highest BCUT2D eigenvalue weighted by molar-refractivity contribution is 6.23. The second kappa shape index (κ2) is 16.1. The minimum Gasteiger partial charge on any atom is -0.507 e. The van der Waals surface area contributed by atoms with E-state index in [9.17, 15) is 29.1 Å². The molecular formula is C37H41N7O8. The first-order valence-electron chi connectivity index (χ1n) is 17.2. The Morgan fingerprint density at radius 2 is 1.71 bits per heavy atom. The Morgan fingerprint density at radius 3 is 2.48 bits per heavy atom. The molecule has 272 valence electrons. The highest BCUT2D eigenvalue weighted by Crippen LogP contribution is 2.34. The molecule has 0 bridgehead atoms. The maximum absolute atomic E-state index is 13.3. The van der Waals surface area contributed by atoms with Gasteiger partial charge in [0.05, 0.1) is 42.3 Å². The summed E-state index contributed by atoms with van der Waals surface area (Å²) in [5.74, 6) is -1.70. The van der Waals surface area contributed by atoms with Crippen molar-refractivity contribution in [2.45, 2.75) is 38.1 Å². The van der Waals surface area contributed by atoms with Gasteiger partial charge in [-0.15, -0.1) is 10.2 Å². The van der Waals surface area contributed by atoms with Crippen molar-refractivity contribution in [3.05, 3.63) is 77.5 Å². The van der Waals surface area contributed by atoms with E-state index in [1.165, 1.54) is 6.07 Å². The van der Waals surface area contributed by atoms with Crippen molar-refractivity contribution in [1.82, 2.24) is 25.7 Å². The molecule has 15 nitrogen and oxygen atoms in total. The zero-order valence-corrected chi connectivity index (χ0v) is 28.6. The zero-order chi connectivity index (χ0) is 36.8. The Kier molecular flexibility index (Phi) is 11.2. The molecule has 1 unspecified atom stereocenters. The number of benzene rings is 2. The predicted octanol–water partition coefficient (Wildman–Crippen LogP) is 2.00. The summed E-state index contributed by atoms with van der Waals surface area (Å²) in [6.45, 7) is 5.70. The lowest BCUT2D eigenvalue weighted by Gasteiger charge is -2.33. The number of rotatable bonds is 14. The lowest BCUT2D eigenvalue weighted by molar-refractivity contribution is -0.126. The smallest absolute Gasteiger partial charge is 0.262 e. The second-order valence-corrected chi connectivity index (χ2v) is 12.9. The van der Waals surface area contributed by atoms with Gasteiger partial charge in [0.1, 0.15) is 18.4 Å². The summed E-state index contributed by atoms with van der Waals surface area (Å²) < 4.78 is 11.0. The number of aromatic hydroxyl groups is 1. The van der Waals surface area contributed by atoms with Crippen molar-refractivity contribution >= 4 is 40.9 Å². The first-order chi connectivity index (χ1) is 25.1. The summed E-state index contributed by atoms with van der Waals surface area (Å²) in [5.41, 5.74) is 9.18. The number of ketones is 1. The molecular weight excluding hydrogens is 670 g/mol. The van der Waals surface area contributed by atoms with Crippen LogP contribution in [0.2, 0.25) is 0 Å². The number of fused-ring (bicyclic) bond motifs is 1. The number of piperidine rings is 2. The number of imide groups is 1. The van der Waals surface area contributed by atoms with E-state index < -0.39 is 23.8 Å². The number of nitrogens with zero attached hydrogens (tertiary/aromatic N) is 4. The third-order valence-corrected chi connectivity index (χ3v) is 9.42. The molecule has 4 amide bonds. The number of aromatic nitrogens is 2. The molecule has 0 aliphatic carbocycles. The van der Waals surface area contributed by atoms with E-state index in [4.69, 9.17) is 15.2 Å². The minimum absolute atomic E-state index is 0.0515. The number of nitrogen functional groups attached to an aromatic ring is 1. The SMILES string of the molecule is C=C1CCC(N2C(=O)c3cccc(CC(=O)COCCOCCNC(=O)C4CCN(c5cc(-c6ccccc6O)nnc5N)CC4)c3C2=O)C(=O)N1. The number of carbonyl (C=O) groups is 5. The number of phenolic OH excluding ortho intramolecular Hbond substituents is 1. The average molecular weight is 712 g/mol. The quantitative estimate of drug-likeness (QED) is 0.140. The molecule has 2 aromatic carbocycles. The van der Waals surface area contributed by atoms with Gasteiger partial charge in [0.15, 0.2) is 11.6 Å². The number of carbonyl (C=O) groups excluding carboxylic acids is 5. The van der Waals surface area contributed by atoms with Crippen molar-refractivity contribution in [3.8, 4) is 17.0 Å². The van der Waals surface area contributed by atoms with Crippen molar-refractivity contribution in [2.24, 2.45) is 5.92 Å². The van der Waals surface area contributed by atoms with Gasteiger partial charge in [-0.3, -0.25) is 28.9 Å². The standard InChI is InChI=1S/C37H41N7O8/c1-22-9-10-29(35(48)40-22)44-36(49)27-7-4-5-24(32(27)37(44)50)19-25(45)21-52-18-17-51-16-13-39-34(47)23-11-14-43(15-12-23)30-20-28(41-42-33(30)38)26-6-2-3-8-31(26)46/h2-8,20,23,29,46H,1,9-19,21H2,(H2,38,42)(H,39,47)(H,40,48). The van der Waals surface area contributed by atoms with E-state index in [-0.39, 0.29) is 73.2 Å². The molecule has 0 saturated carbocycles. The molecule has 1 aromatic heterocycles. The molecule has 6 rings (SSSR count). The van der Waals surface area contributed by atoms with E-state index in [0.717, 1.165) is 4.90 Å². The molecule has 4 heterocycles. The first kappa shape index (κ1) is 36.1. The van der Waals surface area contributed by atoms with Gasteiger partial charge in [-0.1, -0.05) is 30.8 Å². The Hall–Kier alpha value is -5.67. The number of phenols is 1. The molecule has 2 fully saturated rings. The van der Waals surface area contributed by atoms with Crippen LogP contribution in [0, 0.1) is 5.92 Å². The summed E-state index contributed by atoms with van der Waals surface area (Å²) >= 11 is 0. The molecule has 52 heavy (non-hydrogen) atoms. The van der Waals surface area contributed by atoms with Gasteiger partial charge in [0.25, 0.3) is 11.8 Å². The molecule has 3 aliphatic heterocycles. The highest BCUT2D eigenvalue weighted by Gasteiger charge is 2.45. The van der Waals surface area contributed by atoms with Crippen LogP contribution >= 0.6 is 0 Å². The fourth-order valence-corrected chi connectivity index (χ4v) is 6.72. The monoisotopic (exact) mass is 711 g/mol. The number of hydrogen-bond donors (Lipinski definition) is 4. The molecule has 0 radical (unpaired) electrons. The van der Waals surface area contributed by atoms with Crippen LogP contribution in [-0.4, -0.2) is 102 Å². The maximum Gasteiger partial charge on any atom is 0.262 e. The topological polar surface area (TPSA) is 206 Å². The van der Waals surface area contributed by atoms with E-state index in [2.05, 4.69) is 32.3 Å². The maximum atomic E-state index is 13.3. The first-order valence-corrected chi connectivity index (χ1v) is 17.2. The summed E-state index contributed by atoms with van der Waals surface area (Å²) in [5, 5.41) is 23.9. The lowest BCUT2D eigenvalue weighted by Crippen LogP contribution is -2.51. The van der Waals surface area contributed by atoms with Crippen LogP contribution in [0.1, 0.15) is 52.0 Å². The Morgan fingerprint density at radius 1 is 0.962 bits per heavy atom. The zero-order valence-electron chi connectivity index (χ0n) is 28.6. The van der Waals surface area contributed by atoms with Crippen LogP contribution < -0.4 is 21.3 Å². The number of allylic oxidation sites excluding steroid dienone is 1. The van der Waals surface area contributed by atoms with E-state index >= 15 is 0 Å². The van der Waals surface area contributed by atoms with Gasteiger partial charge >= 0.3 is 0 Å². The minimum atomic E-state index is -0.930.